The van der Waals surface area contributed by atoms with E-state index in [4.69, 9.17) is 15.2 Å². The minimum Gasteiger partial charge on any atom is -0.391 e. The van der Waals surface area contributed by atoms with Gasteiger partial charge in [-0.05, 0) is 13.0 Å². The molecule has 1 saturated heterocycles. The number of hydrogen-bond acceptors (Lipinski definition) is 7. The summed E-state index contributed by atoms with van der Waals surface area (Å²) in [5.41, 5.74) is 5.28. The molecule has 1 heterocycles. The van der Waals surface area contributed by atoms with Gasteiger partial charge in [-0.2, -0.15) is 0 Å². The van der Waals surface area contributed by atoms with Crippen LogP contribution < -0.4 is 5.73 Å². The zero-order valence-electron chi connectivity index (χ0n) is 8.95. The normalized spacial score (nSPS) is 39.9. The lowest BCUT2D eigenvalue weighted by Gasteiger charge is -2.43. The maximum absolute atomic E-state index is 9.71. The van der Waals surface area contributed by atoms with Crippen molar-refractivity contribution in [2.45, 2.75) is 30.5 Å². The zero-order chi connectivity index (χ0) is 12.2. The summed E-state index contributed by atoms with van der Waals surface area (Å²) in [4.78, 5) is 0. The fraction of sp³-hybridized carbons (Fsp3) is 1.00. The first-order valence-electron chi connectivity index (χ1n) is 5.20. The van der Waals surface area contributed by atoms with E-state index in [1.807, 2.05) is 0 Å². The van der Waals surface area contributed by atoms with E-state index in [0.717, 1.165) is 0 Å². The van der Waals surface area contributed by atoms with E-state index in [1.54, 1.807) is 0 Å². The van der Waals surface area contributed by atoms with Crippen LogP contribution >= 0.6 is 0 Å². The summed E-state index contributed by atoms with van der Waals surface area (Å²) in [5.74, 6) is -1.67. The highest BCUT2D eigenvalue weighted by atomic mass is 16.7. The Hall–Kier alpha value is -0.280. The molecule has 0 spiro atoms. The average Bonchev–Trinajstić information content (AvgIpc) is 2.30. The standard InChI is InChI=1S/C9H19NO6/c10-2-1-3-15-9(5-11)8(14)7(13)6(12)4-16-9/h6-8,11-14H,1-5,10H2/t6-,7-,8+,9?/m1/s1. The van der Waals surface area contributed by atoms with E-state index < -0.39 is 30.7 Å². The number of hydrogen-bond donors (Lipinski definition) is 5. The number of nitrogens with two attached hydrogens (primary N) is 1. The molecule has 0 aromatic heterocycles. The van der Waals surface area contributed by atoms with E-state index in [2.05, 4.69) is 0 Å². The van der Waals surface area contributed by atoms with Gasteiger partial charge in [-0.1, -0.05) is 0 Å². The first-order chi connectivity index (χ1) is 7.57. The molecule has 1 rings (SSSR count). The lowest BCUT2D eigenvalue weighted by atomic mass is 9.97. The van der Waals surface area contributed by atoms with Crippen LogP contribution in [0.4, 0.5) is 0 Å². The minimum absolute atomic E-state index is 0.191. The first-order valence-corrected chi connectivity index (χ1v) is 5.20. The van der Waals surface area contributed by atoms with Gasteiger partial charge in [0.2, 0.25) is 5.79 Å². The molecular weight excluding hydrogens is 218 g/mol. The van der Waals surface area contributed by atoms with Crippen molar-refractivity contribution in [2.24, 2.45) is 5.73 Å². The monoisotopic (exact) mass is 237 g/mol. The predicted octanol–water partition coefficient (Wildman–Crippen LogP) is -2.85. The quantitative estimate of drug-likeness (QED) is 0.326. The van der Waals surface area contributed by atoms with Crippen molar-refractivity contribution >= 4 is 0 Å². The summed E-state index contributed by atoms with van der Waals surface area (Å²) < 4.78 is 10.3. The average molecular weight is 237 g/mol. The van der Waals surface area contributed by atoms with E-state index in [1.165, 1.54) is 0 Å². The van der Waals surface area contributed by atoms with Crippen molar-refractivity contribution in [1.29, 1.82) is 0 Å². The molecule has 1 aliphatic rings. The van der Waals surface area contributed by atoms with Crippen molar-refractivity contribution in [3.05, 3.63) is 0 Å². The maximum Gasteiger partial charge on any atom is 0.221 e. The summed E-state index contributed by atoms with van der Waals surface area (Å²) in [6, 6.07) is 0. The second-order valence-electron chi connectivity index (χ2n) is 3.77. The second-order valence-corrected chi connectivity index (χ2v) is 3.77. The van der Waals surface area contributed by atoms with Gasteiger partial charge in [-0.25, -0.2) is 0 Å². The highest BCUT2D eigenvalue weighted by Gasteiger charge is 2.50. The van der Waals surface area contributed by atoms with Crippen molar-refractivity contribution in [1.82, 2.24) is 0 Å². The lowest BCUT2D eigenvalue weighted by molar-refractivity contribution is -0.348. The Morgan fingerprint density at radius 3 is 2.62 bits per heavy atom. The van der Waals surface area contributed by atoms with Crippen LogP contribution in [0.15, 0.2) is 0 Å². The maximum atomic E-state index is 9.71. The van der Waals surface area contributed by atoms with Gasteiger partial charge in [0, 0.05) is 0 Å². The number of ether oxygens (including phenoxy) is 2. The third kappa shape index (κ3) is 2.69. The molecule has 0 saturated carbocycles. The molecule has 1 unspecified atom stereocenters. The van der Waals surface area contributed by atoms with E-state index in [-0.39, 0.29) is 13.2 Å². The Morgan fingerprint density at radius 1 is 1.38 bits per heavy atom. The highest BCUT2D eigenvalue weighted by molar-refractivity contribution is 4.92. The number of aliphatic hydroxyl groups is 4. The van der Waals surface area contributed by atoms with Crippen molar-refractivity contribution < 1.29 is 29.9 Å². The van der Waals surface area contributed by atoms with Crippen LogP contribution in [0.25, 0.3) is 0 Å². The van der Waals surface area contributed by atoms with Crippen molar-refractivity contribution in [3.8, 4) is 0 Å². The molecular formula is C9H19NO6. The minimum atomic E-state index is -1.67. The number of aliphatic hydroxyl groups excluding tert-OH is 4. The highest BCUT2D eigenvalue weighted by Crippen LogP contribution is 2.27. The molecule has 0 radical (unpaired) electrons. The Morgan fingerprint density at radius 2 is 2.06 bits per heavy atom. The molecule has 0 bridgehead atoms. The summed E-state index contributed by atoms with van der Waals surface area (Å²) in [5, 5.41) is 37.6. The molecule has 6 N–H and O–H groups in total. The summed E-state index contributed by atoms with van der Waals surface area (Å²) in [6.07, 6.45) is -3.55. The molecule has 96 valence electrons. The molecule has 0 aliphatic carbocycles. The zero-order valence-corrected chi connectivity index (χ0v) is 8.95. The van der Waals surface area contributed by atoms with Crippen LogP contribution in [0, 0.1) is 0 Å². The molecule has 0 aromatic rings. The van der Waals surface area contributed by atoms with Gasteiger partial charge in [0.25, 0.3) is 0 Å². The third-order valence-corrected chi connectivity index (χ3v) is 2.58. The summed E-state index contributed by atoms with van der Waals surface area (Å²) in [6.45, 7) is -0.219. The first kappa shape index (κ1) is 13.8. The van der Waals surface area contributed by atoms with E-state index in [0.29, 0.717) is 13.0 Å². The molecule has 0 amide bonds. The van der Waals surface area contributed by atoms with Gasteiger partial charge in [0.1, 0.15) is 24.9 Å². The molecule has 0 aromatic carbocycles. The molecule has 7 nitrogen and oxygen atoms in total. The second kappa shape index (κ2) is 5.87. The predicted molar refractivity (Wildman–Crippen MR) is 53.4 cm³/mol. The van der Waals surface area contributed by atoms with Crippen LogP contribution in [0.5, 0.6) is 0 Å². The third-order valence-electron chi connectivity index (χ3n) is 2.58. The van der Waals surface area contributed by atoms with Gasteiger partial charge in [0.15, 0.2) is 0 Å². The topological polar surface area (TPSA) is 125 Å². The molecule has 4 atom stereocenters. The van der Waals surface area contributed by atoms with Gasteiger partial charge in [-0.3, -0.25) is 0 Å². The Kier molecular flexibility index (Phi) is 5.06. The Labute approximate surface area is 93.4 Å². The summed E-state index contributed by atoms with van der Waals surface area (Å²) in [7, 11) is 0. The molecule has 1 aliphatic heterocycles. The molecule has 1 fully saturated rings. The van der Waals surface area contributed by atoms with Crippen molar-refractivity contribution in [3.63, 3.8) is 0 Å². The number of rotatable bonds is 5. The van der Waals surface area contributed by atoms with Gasteiger partial charge in [-0.15, -0.1) is 0 Å². The van der Waals surface area contributed by atoms with E-state index in [9.17, 15) is 20.4 Å². The lowest BCUT2D eigenvalue weighted by Crippen LogP contribution is -2.63. The largest absolute Gasteiger partial charge is 0.391 e. The summed E-state index contributed by atoms with van der Waals surface area (Å²) >= 11 is 0. The van der Waals surface area contributed by atoms with Crippen LogP contribution in [0.3, 0.4) is 0 Å². The van der Waals surface area contributed by atoms with Gasteiger partial charge >= 0.3 is 0 Å². The Bertz CT molecular complexity index is 216. The van der Waals surface area contributed by atoms with Crippen LogP contribution in [0.1, 0.15) is 6.42 Å². The van der Waals surface area contributed by atoms with Crippen LogP contribution in [0.2, 0.25) is 0 Å². The molecule has 16 heavy (non-hydrogen) atoms. The molecule has 7 heteroatoms. The fourth-order valence-corrected chi connectivity index (χ4v) is 1.52. The fourth-order valence-electron chi connectivity index (χ4n) is 1.52. The van der Waals surface area contributed by atoms with E-state index >= 15 is 0 Å². The van der Waals surface area contributed by atoms with Crippen LogP contribution in [-0.2, 0) is 9.47 Å². The van der Waals surface area contributed by atoms with Gasteiger partial charge in [0.05, 0.1) is 13.2 Å². The Balaban J connectivity index is 2.63. The van der Waals surface area contributed by atoms with Gasteiger partial charge < -0.3 is 35.6 Å². The smallest absolute Gasteiger partial charge is 0.221 e. The SMILES string of the molecule is NCCCOC1(CO)OC[C@@H](O)[C@@H](O)[C@@H]1O. The van der Waals surface area contributed by atoms with Crippen LogP contribution in [-0.4, -0.2) is 70.9 Å². The van der Waals surface area contributed by atoms with Crippen molar-refractivity contribution in [2.75, 3.05) is 26.4 Å².